The molecule has 142 valence electrons. The van der Waals surface area contributed by atoms with Gasteiger partial charge in [0.1, 0.15) is 5.75 Å². The van der Waals surface area contributed by atoms with Crippen LogP contribution in [0.25, 0.3) is 11.4 Å². The molecule has 0 saturated carbocycles. The number of para-hydroxylation sites is 1. The Hall–Kier alpha value is -3.35. The summed E-state index contributed by atoms with van der Waals surface area (Å²) >= 11 is 0. The first-order valence-corrected chi connectivity index (χ1v) is 9.55. The summed E-state index contributed by atoms with van der Waals surface area (Å²) in [6.07, 6.45) is 5.37. The topological polar surface area (TPSA) is 83.1 Å². The van der Waals surface area contributed by atoms with Crippen molar-refractivity contribution in [3.8, 4) is 17.1 Å². The fourth-order valence-electron chi connectivity index (χ4n) is 3.86. The second-order valence-corrected chi connectivity index (χ2v) is 7.12. The maximum Gasteiger partial charge on any atom is 0.255 e. The number of nitrogens with one attached hydrogen (secondary N) is 2. The van der Waals surface area contributed by atoms with E-state index >= 15 is 0 Å². The third kappa shape index (κ3) is 3.09. The van der Waals surface area contributed by atoms with E-state index in [2.05, 4.69) is 25.2 Å². The Morgan fingerprint density at radius 1 is 1.25 bits per heavy atom. The minimum atomic E-state index is -0.0772. The summed E-state index contributed by atoms with van der Waals surface area (Å²) in [4.78, 5) is 27.1. The Bertz CT molecular complexity index is 1000. The SMILES string of the molecule is O=C(NC1CCN(c2nccc(-c3ccc[nH]3)n2)C1)c1cccc2c1OCC2. The number of amides is 1. The minimum Gasteiger partial charge on any atom is -0.492 e. The second kappa shape index (κ2) is 6.99. The lowest BCUT2D eigenvalue weighted by atomic mass is 10.1. The molecular weight excluding hydrogens is 354 g/mol. The average molecular weight is 375 g/mol. The molecule has 3 aromatic rings. The summed E-state index contributed by atoms with van der Waals surface area (Å²) in [5.74, 6) is 1.34. The zero-order valence-electron chi connectivity index (χ0n) is 15.4. The van der Waals surface area contributed by atoms with Crippen LogP contribution in [0.4, 0.5) is 5.95 Å². The number of carbonyl (C=O) groups is 1. The highest BCUT2D eigenvalue weighted by atomic mass is 16.5. The van der Waals surface area contributed by atoms with Crippen LogP contribution in [-0.4, -0.2) is 46.6 Å². The van der Waals surface area contributed by atoms with Gasteiger partial charge in [-0.3, -0.25) is 4.79 Å². The van der Waals surface area contributed by atoms with Crippen molar-refractivity contribution in [1.29, 1.82) is 0 Å². The average Bonchev–Trinajstić information content (AvgIpc) is 3.48. The lowest BCUT2D eigenvalue weighted by Gasteiger charge is -2.17. The number of hydrogen-bond acceptors (Lipinski definition) is 5. The summed E-state index contributed by atoms with van der Waals surface area (Å²) in [6, 6.07) is 11.6. The lowest BCUT2D eigenvalue weighted by Crippen LogP contribution is -2.37. The molecule has 28 heavy (non-hydrogen) atoms. The molecule has 2 N–H and O–H groups in total. The van der Waals surface area contributed by atoms with Crippen LogP contribution >= 0.6 is 0 Å². The van der Waals surface area contributed by atoms with E-state index in [1.165, 1.54) is 0 Å². The monoisotopic (exact) mass is 375 g/mol. The number of hydrogen-bond donors (Lipinski definition) is 2. The van der Waals surface area contributed by atoms with Crippen molar-refractivity contribution in [3.05, 3.63) is 59.9 Å². The van der Waals surface area contributed by atoms with E-state index in [4.69, 9.17) is 4.74 Å². The van der Waals surface area contributed by atoms with E-state index in [9.17, 15) is 4.79 Å². The van der Waals surface area contributed by atoms with Gasteiger partial charge in [0.25, 0.3) is 5.91 Å². The van der Waals surface area contributed by atoms with Crippen molar-refractivity contribution in [3.63, 3.8) is 0 Å². The molecule has 0 aliphatic carbocycles. The number of aromatic nitrogens is 3. The van der Waals surface area contributed by atoms with Gasteiger partial charge in [0.05, 0.1) is 23.6 Å². The van der Waals surface area contributed by atoms with Gasteiger partial charge in [0.2, 0.25) is 5.95 Å². The molecule has 0 bridgehead atoms. The molecule has 7 nitrogen and oxygen atoms in total. The van der Waals surface area contributed by atoms with Crippen molar-refractivity contribution >= 4 is 11.9 Å². The van der Waals surface area contributed by atoms with Crippen LogP contribution in [0.5, 0.6) is 5.75 Å². The van der Waals surface area contributed by atoms with Crippen molar-refractivity contribution in [2.75, 3.05) is 24.6 Å². The third-order valence-electron chi connectivity index (χ3n) is 5.28. The Kier molecular flexibility index (Phi) is 4.20. The summed E-state index contributed by atoms with van der Waals surface area (Å²) in [6.45, 7) is 2.14. The molecule has 0 radical (unpaired) electrons. The van der Waals surface area contributed by atoms with Gasteiger partial charge in [-0.15, -0.1) is 0 Å². The molecule has 0 spiro atoms. The van der Waals surface area contributed by atoms with Crippen LogP contribution in [0.15, 0.2) is 48.8 Å². The standard InChI is InChI=1S/C21H21N5O2/c27-20(16-4-1-3-14-8-12-28-19(14)16)24-15-7-11-26(13-15)21-23-10-6-18(25-21)17-5-2-9-22-17/h1-6,9-10,15,22H,7-8,11-13H2,(H,24,27). The highest BCUT2D eigenvalue weighted by molar-refractivity contribution is 5.97. The molecule has 1 saturated heterocycles. The molecule has 1 fully saturated rings. The van der Waals surface area contributed by atoms with Gasteiger partial charge in [0.15, 0.2) is 0 Å². The van der Waals surface area contributed by atoms with E-state index < -0.39 is 0 Å². The third-order valence-corrected chi connectivity index (χ3v) is 5.28. The fraction of sp³-hybridized carbons (Fsp3) is 0.286. The summed E-state index contributed by atoms with van der Waals surface area (Å²) in [5, 5.41) is 3.14. The molecule has 4 heterocycles. The van der Waals surface area contributed by atoms with E-state index in [1.54, 1.807) is 6.20 Å². The normalized spacial score (nSPS) is 18.0. The number of benzene rings is 1. The van der Waals surface area contributed by atoms with Crippen LogP contribution in [0.3, 0.4) is 0 Å². The van der Waals surface area contributed by atoms with Crippen molar-refractivity contribution in [2.24, 2.45) is 0 Å². The minimum absolute atomic E-state index is 0.0579. The second-order valence-electron chi connectivity index (χ2n) is 7.12. The lowest BCUT2D eigenvalue weighted by molar-refractivity contribution is 0.0937. The van der Waals surface area contributed by atoms with Crippen molar-refractivity contribution < 1.29 is 9.53 Å². The van der Waals surface area contributed by atoms with Crippen molar-refractivity contribution in [1.82, 2.24) is 20.3 Å². The quantitative estimate of drug-likeness (QED) is 0.732. The highest BCUT2D eigenvalue weighted by Gasteiger charge is 2.28. The van der Waals surface area contributed by atoms with Crippen LogP contribution in [0.1, 0.15) is 22.3 Å². The number of carbonyl (C=O) groups excluding carboxylic acids is 1. The fourth-order valence-corrected chi connectivity index (χ4v) is 3.86. The number of aromatic amines is 1. The molecule has 1 amide bonds. The number of anilines is 1. The van der Waals surface area contributed by atoms with E-state index in [1.807, 2.05) is 42.6 Å². The number of H-pyrrole nitrogens is 1. The van der Waals surface area contributed by atoms with Crippen LogP contribution < -0.4 is 15.0 Å². The van der Waals surface area contributed by atoms with Gasteiger partial charge in [-0.2, -0.15) is 0 Å². The van der Waals surface area contributed by atoms with E-state index in [-0.39, 0.29) is 11.9 Å². The van der Waals surface area contributed by atoms with Crippen LogP contribution in [-0.2, 0) is 6.42 Å². The predicted octanol–water partition coefficient (Wildman–Crippen LogP) is 2.42. The molecule has 7 heteroatoms. The first-order chi connectivity index (χ1) is 13.8. The highest BCUT2D eigenvalue weighted by Crippen LogP contribution is 2.29. The van der Waals surface area contributed by atoms with Crippen molar-refractivity contribution in [2.45, 2.75) is 18.9 Å². The molecule has 1 aromatic carbocycles. The molecule has 2 aliphatic heterocycles. The molecule has 2 aliphatic rings. The summed E-state index contributed by atoms with van der Waals surface area (Å²) in [5.41, 5.74) is 3.55. The van der Waals surface area contributed by atoms with E-state index in [0.717, 1.165) is 42.1 Å². The van der Waals surface area contributed by atoms with Gasteiger partial charge in [0, 0.05) is 37.9 Å². The zero-order chi connectivity index (χ0) is 18.9. The predicted molar refractivity (Wildman–Crippen MR) is 106 cm³/mol. The zero-order valence-corrected chi connectivity index (χ0v) is 15.4. The molecular formula is C21H21N5O2. The first kappa shape index (κ1) is 16.8. The largest absolute Gasteiger partial charge is 0.492 e. The number of ether oxygens (including phenoxy) is 1. The van der Waals surface area contributed by atoms with Gasteiger partial charge in [-0.05, 0) is 36.2 Å². The Balaban J connectivity index is 1.27. The first-order valence-electron chi connectivity index (χ1n) is 9.55. The van der Waals surface area contributed by atoms with Gasteiger partial charge in [-0.25, -0.2) is 9.97 Å². The number of nitrogens with zero attached hydrogens (tertiary/aromatic N) is 3. The number of rotatable bonds is 4. The van der Waals surface area contributed by atoms with Gasteiger partial charge < -0.3 is 19.9 Å². The maximum absolute atomic E-state index is 12.8. The number of fused-ring (bicyclic) bond motifs is 1. The molecule has 1 atom stereocenters. The summed E-state index contributed by atoms with van der Waals surface area (Å²) in [7, 11) is 0. The Morgan fingerprint density at radius 3 is 3.11 bits per heavy atom. The van der Waals surface area contributed by atoms with E-state index in [0.29, 0.717) is 24.7 Å². The van der Waals surface area contributed by atoms with Crippen LogP contribution in [0, 0.1) is 0 Å². The molecule has 1 unspecified atom stereocenters. The molecule has 5 rings (SSSR count). The summed E-state index contributed by atoms with van der Waals surface area (Å²) < 4.78 is 5.66. The van der Waals surface area contributed by atoms with Crippen LogP contribution in [0.2, 0.25) is 0 Å². The van der Waals surface area contributed by atoms with Gasteiger partial charge >= 0.3 is 0 Å². The Morgan fingerprint density at radius 2 is 2.21 bits per heavy atom. The van der Waals surface area contributed by atoms with Gasteiger partial charge in [-0.1, -0.05) is 12.1 Å². The maximum atomic E-state index is 12.8. The Labute approximate surface area is 162 Å². The smallest absolute Gasteiger partial charge is 0.255 e. The molecule has 2 aromatic heterocycles.